The molecular formula is C13H17NO. The van der Waals surface area contributed by atoms with E-state index in [1.165, 1.54) is 5.56 Å². The van der Waals surface area contributed by atoms with Crippen molar-refractivity contribution in [1.29, 1.82) is 0 Å². The molecule has 0 fully saturated rings. The average molecular weight is 203 g/mol. The molecule has 0 aliphatic heterocycles. The van der Waals surface area contributed by atoms with Gasteiger partial charge in [-0.25, -0.2) is 0 Å². The van der Waals surface area contributed by atoms with Gasteiger partial charge in [-0.1, -0.05) is 18.1 Å². The predicted octanol–water partition coefficient (Wildman–Crippen LogP) is 1.79. The minimum absolute atomic E-state index is 0.749. The van der Waals surface area contributed by atoms with Crippen molar-refractivity contribution in [2.24, 2.45) is 0 Å². The summed E-state index contributed by atoms with van der Waals surface area (Å²) in [5, 5.41) is 3.29. The lowest BCUT2D eigenvalue weighted by Crippen LogP contribution is -2.18. The number of rotatable bonds is 5. The first-order valence-electron chi connectivity index (χ1n) is 5.08. The van der Waals surface area contributed by atoms with E-state index in [0.29, 0.717) is 0 Å². The van der Waals surface area contributed by atoms with E-state index in [9.17, 15) is 0 Å². The normalized spacial score (nSPS) is 9.47. The molecule has 0 atom stereocenters. The fourth-order valence-corrected chi connectivity index (χ4v) is 1.26. The van der Waals surface area contributed by atoms with Gasteiger partial charge in [0.2, 0.25) is 0 Å². The standard InChI is InChI=1S/C13H17NO/c1-3-4-12-5-7-13(8-6-12)11-14-9-10-15-2/h5-8,14H,9-11H2,1-2H3. The summed E-state index contributed by atoms with van der Waals surface area (Å²) in [6, 6.07) is 8.28. The van der Waals surface area contributed by atoms with Gasteiger partial charge in [0, 0.05) is 25.8 Å². The predicted molar refractivity (Wildman–Crippen MR) is 62.6 cm³/mol. The highest BCUT2D eigenvalue weighted by Crippen LogP contribution is 2.02. The molecule has 0 saturated carbocycles. The largest absolute Gasteiger partial charge is 0.383 e. The Bertz CT molecular complexity index is 332. The summed E-state index contributed by atoms with van der Waals surface area (Å²) < 4.78 is 4.95. The molecule has 1 aromatic rings. The van der Waals surface area contributed by atoms with Crippen molar-refractivity contribution in [3.63, 3.8) is 0 Å². The fraction of sp³-hybridized carbons (Fsp3) is 0.385. The van der Waals surface area contributed by atoms with Gasteiger partial charge in [-0.2, -0.15) is 0 Å². The highest BCUT2D eigenvalue weighted by molar-refractivity contribution is 5.35. The Morgan fingerprint density at radius 2 is 2.00 bits per heavy atom. The number of methoxy groups -OCH3 is 1. The lowest BCUT2D eigenvalue weighted by atomic mass is 10.1. The minimum atomic E-state index is 0.749. The molecule has 0 radical (unpaired) electrons. The Morgan fingerprint density at radius 1 is 1.27 bits per heavy atom. The summed E-state index contributed by atoms with van der Waals surface area (Å²) in [5.41, 5.74) is 2.34. The molecule has 1 N–H and O–H groups in total. The Labute approximate surface area is 91.6 Å². The summed E-state index contributed by atoms with van der Waals surface area (Å²) in [6.45, 7) is 4.36. The molecule has 1 rings (SSSR count). The van der Waals surface area contributed by atoms with Gasteiger partial charge in [0.1, 0.15) is 0 Å². The van der Waals surface area contributed by atoms with Crippen LogP contribution in [0, 0.1) is 11.8 Å². The zero-order valence-corrected chi connectivity index (χ0v) is 9.34. The molecule has 2 heteroatoms. The van der Waals surface area contributed by atoms with E-state index in [0.717, 1.165) is 25.3 Å². The third kappa shape index (κ3) is 4.64. The number of ether oxygens (including phenoxy) is 1. The van der Waals surface area contributed by atoms with Crippen LogP contribution in [0.4, 0.5) is 0 Å². The Morgan fingerprint density at radius 3 is 2.60 bits per heavy atom. The number of hydrogen-bond donors (Lipinski definition) is 1. The van der Waals surface area contributed by atoms with Crippen LogP contribution in [0.2, 0.25) is 0 Å². The van der Waals surface area contributed by atoms with Crippen molar-refractivity contribution in [1.82, 2.24) is 5.32 Å². The second-order valence-corrected chi connectivity index (χ2v) is 3.24. The molecular weight excluding hydrogens is 186 g/mol. The van der Waals surface area contributed by atoms with Gasteiger partial charge in [0.05, 0.1) is 6.61 Å². The number of nitrogens with one attached hydrogen (secondary N) is 1. The molecule has 0 bridgehead atoms. The molecule has 80 valence electrons. The van der Waals surface area contributed by atoms with Crippen molar-refractivity contribution in [2.75, 3.05) is 20.3 Å². The summed E-state index contributed by atoms with van der Waals surface area (Å²) >= 11 is 0. The average Bonchev–Trinajstić information content (AvgIpc) is 2.27. The Balaban J connectivity index is 2.38. The van der Waals surface area contributed by atoms with Gasteiger partial charge in [-0.3, -0.25) is 0 Å². The first-order valence-corrected chi connectivity index (χ1v) is 5.08. The SMILES string of the molecule is CC#Cc1ccc(CNCCOC)cc1. The molecule has 0 spiro atoms. The molecule has 15 heavy (non-hydrogen) atoms. The van der Waals surface area contributed by atoms with Gasteiger partial charge in [0.15, 0.2) is 0 Å². The molecule has 0 aliphatic rings. The minimum Gasteiger partial charge on any atom is -0.383 e. The maximum absolute atomic E-state index is 4.95. The molecule has 0 aliphatic carbocycles. The molecule has 0 unspecified atom stereocenters. The van der Waals surface area contributed by atoms with E-state index < -0.39 is 0 Å². The topological polar surface area (TPSA) is 21.3 Å². The summed E-state index contributed by atoms with van der Waals surface area (Å²) in [5.74, 6) is 5.90. The van der Waals surface area contributed by atoms with Crippen molar-refractivity contribution in [3.05, 3.63) is 35.4 Å². The zero-order valence-electron chi connectivity index (χ0n) is 9.34. The first-order chi connectivity index (χ1) is 7.36. The van der Waals surface area contributed by atoms with E-state index in [-0.39, 0.29) is 0 Å². The van der Waals surface area contributed by atoms with Gasteiger partial charge < -0.3 is 10.1 Å². The van der Waals surface area contributed by atoms with Gasteiger partial charge >= 0.3 is 0 Å². The second kappa shape index (κ2) is 7.05. The maximum atomic E-state index is 4.95. The third-order valence-electron chi connectivity index (χ3n) is 2.04. The first kappa shape index (κ1) is 11.8. The van der Waals surface area contributed by atoms with Crippen LogP contribution in [0.3, 0.4) is 0 Å². The van der Waals surface area contributed by atoms with Crippen LogP contribution < -0.4 is 5.32 Å². The Kier molecular flexibility index (Phi) is 5.54. The molecule has 2 nitrogen and oxygen atoms in total. The van der Waals surface area contributed by atoms with Gasteiger partial charge in [-0.05, 0) is 24.6 Å². The monoisotopic (exact) mass is 203 g/mol. The van der Waals surface area contributed by atoms with Crippen LogP contribution in [-0.4, -0.2) is 20.3 Å². The Hall–Kier alpha value is -1.30. The van der Waals surface area contributed by atoms with Crippen molar-refractivity contribution < 1.29 is 4.74 Å². The van der Waals surface area contributed by atoms with Crippen LogP contribution in [-0.2, 0) is 11.3 Å². The second-order valence-electron chi connectivity index (χ2n) is 3.24. The lowest BCUT2D eigenvalue weighted by molar-refractivity contribution is 0.199. The smallest absolute Gasteiger partial charge is 0.0587 e. The van der Waals surface area contributed by atoms with Crippen molar-refractivity contribution in [2.45, 2.75) is 13.5 Å². The van der Waals surface area contributed by atoms with Crippen molar-refractivity contribution >= 4 is 0 Å². The van der Waals surface area contributed by atoms with Crippen molar-refractivity contribution in [3.8, 4) is 11.8 Å². The molecule has 0 saturated heterocycles. The summed E-state index contributed by atoms with van der Waals surface area (Å²) in [4.78, 5) is 0. The lowest BCUT2D eigenvalue weighted by Gasteiger charge is -2.03. The van der Waals surface area contributed by atoms with Crippen LogP contribution >= 0.6 is 0 Å². The van der Waals surface area contributed by atoms with Crippen LogP contribution in [0.25, 0.3) is 0 Å². The highest BCUT2D eigenvalue weighted by Gasteiger charge is 1.92. The van der Waals surface area contributed by atoms with Crippen LogP contribution in [0.15, 0.2) is 24.3 Å². The quantitative estimate of drug-likeness (QED) is 0.582. The van der Waals surface area contributed by atoms with E-state index >= 15 is 0 Å². The van der Waals surface area contributed by atoms with Crippen LogP contribution in [0.1, 0.15) is 18.1 Å². The summed E-state index contributed by atoms with van der Waals surface area (Å²) in [6.07, 6.45) is 0. The molecule has 0 amide bonds. The van der Waals surface area contributed by atoms with E-state index in [2.05, 4.69) is 29.3 Å². The third-order valence-corrected chi connectivity index (χ3v) is 2.04. The van der Waals surface area contributed by atoms with Gasteiger partial charge in [0.25, 0.3) is 0 Å². The zero-order chi connectivity index (χ0) is 10.9. The molecule has 1 aromatic carbocycles. The van der Waals surface area contributed by atoms with E-state index in [1.807, 2.05) is 19.1 Å². The highest BCUT2D eigenvalue weighted by atomic mass is 16.5. The fourth-order valence-electron chi connectivity index (χ4n) is 1.26. The van der Waals surface area contributed by atoms with E-state index in [1.54, 1.807) is 7.11 Å². The van der Waals surface area contributed by atoms with Gasteiger partial charge in [-0.15, -0.1) is 5.92 Å². The maximum Gasteiger partial charge on any atom is 0.0587 e. The number of hydrogen-bond acceptors (Lipinski definition) is 2. The number of benzene rings is 1. The van der Waals surface area contributed by atoms with E-state index in [4.69, 9.17) is 4.74 Å². The summed E-state index contributed by atoms with van der Waals surface area (Å²) in [7, 11) is 1.71. The molecule has 0 heterocycles. The van der Waals surface area contributed by atoms with Crippen LogP contribution in [0.5, 0.6) is 0 Å². The molecule has 0 aromatic heterocycles.